The number of ether oxygens (including phenoxy) is 4. The number of phosphoric acid groups is 2. The van der Waals surface area contributed by atoms with Gasteiger partial charge in [-0.3, -0.25) is 37.3 Å². The first-order valence-corrected chi connectivity index (χ1v) is 41.2. The lowest BCUT2D eigenvalue weighted by atomic mass is 10.00. The van der Waals surface area contributed by atoms with Crippen LogP contribution in [-0.4, -0.2) is 96.7 Å². The van der Waals surface area contributed by atoms with E-state index in [0.717, 1.165) is 120 Å². The Morgan fingerprint density at radius 3 is 0.763 bits per heavy atom. The highest BCUT2D eigenvalue weighted by molar-refractivity contribution is 7.47. The molecule has 0 saturated heterocycles. The summed E-state index contributed by atoms with van der Waals surface area (Å²) in [5.74, 6) is 0.917. The van der Waals surface area contributed by atoms with E-state index in [1.54, 1.807) is 0 Å². The zero-order valence-electron chi connectivity index (χ0n) is 60.9. The molecule has 0 aromatic heterocycles. The number of hydrogen-bond acceptors (Lipinski definition) is 15. The highest BCUT2D eigenvalue weighted by Gasteiger charge is 2.30. The van der Waals surface area contributed by atoms with Crippen molar-refractivity contribution in [3.05, 3.63) is 0 Å². The third-order valence-corrected chi connectivity index (χ3v) is 19.3. The molecule has 0 fully saturated rings. The van der Waals surface area contributed by atoms with Crippen LogP contribution in [0.4, 0.5) is 0 Å². The lowest BCUT2D eigenvalue weighted by Crippen LogP contribution is -2.30. The predicted molar refractivity (Wildman–Crippen MR) is 377 cm³/mol. The van der Waals surface area contributed by atoms with Gasteiger partial charge in [0, 0.05) is 25.7 Å². The van der Waals surface area contributed by atoms with E-state index >= 15 is 0 Å². The second-order valence-electron chi connectivity index (χ2n) is 28.4. The summed E-state index contributed by atoms with van der Waals surface area (Å²) in [6.07, 6.45) is 47.1. The van der Waals surface area contributed by atoms with Gasteiger partial charge in [0.15, 0.2) is 12.2 Å². The molecule has 17 nitrogen and oxygen atoms in total. The molecular weight excluding hydrogens is 1220 g/mol. The highest BCUT2D eigenvalue weighted by Crippen LogP contribution is 2.45. The minimum Gasteiger partial charge on any atom is -0.462 e. The normalized spacial score (nSPS) is 14.5. The van der Waals surface area contributed by atoms with Gasteiger partial charge in [0.1, 0.15) is 19.3 Å². The average molecular weight is 1370 g/mol. The van der Waals surface area contributed by atoms with Crippen molar-refractivity contribution in [3.63, 3.8) is 0 Å². The topological polar surface area (TPSA) is 237 Å². The van der Waals surface area contributed by atoms with E-state index in [0.29, 0.717) is 25.7 Å². The molecule has 3 unspecified atom stereocenters. The molecule has 0 radical (unpaired) electrons. The van der Waals surface area contributed by atoms with Crippen LogP contribution in [0.2, 0.25) is 0 Å². The van der Waals surface area contributed by atoms with Crippen LogP contribution in [0.1, 0.15) is 370 Å². The molecule has 0 bridgehead atoms. The minimum atomic E-state index is -4.96. The van der Waals surface area contributed by atoms with Gasteiger partial charge in [-0.1, -0.05) is 319 Å². The van der Waals surface area contributed by atoms with Crippen molar-refractivity contribution in [3.8, 4) is 0 Å². The van der Waals surface area contributed by atoms with Gasteiger partial charge in [-0.05, 0) is 49.4 Å². The molecule has 0 aromatic carbocycles. The smallest absolute Gasteiger partial charge is 0.462 e. The van der Waals surface area contributed by atoms with E-state index in [1.807, 2.05) is 0 Å². The van der Waals surface area contributed by atoms with E-state index in [2.05, 4.69) is 55.4 Å². The molecule has 0 aromatic rings. The molecule has 0 aliphatic carbocycles. The van der Waals surface area contributed by atoms with E-state index < -0.39 is 97.5 Å². The summed E-state index contributed by atoms with van der Waals surface area (Å²) in [6, 6.07) is 0. The van der Waals surface area contributed by atoms with Crippen molar-refractivity contribution in [1.29, 1.82) is 0 Å². The molecule has 552 valence electrons. The van der Waals surface area contributed by atoms with Gasteiger partial charge in [0.05, 0.1) is 26.4 Å². The third kappa shape index (κ3) is 67.0. The van der Waals surface area contributed by atoms with E-state index in [4.69, 9.17) is 37.0 Å². The van der Waals surface area contributed by atoms with Gasteiger partial charge in [-0.25, -0.2) is 9.13 Å². The second-order valence-corrected chi connectivity index (χ2v) is 31.3. The first kappa shape index (κ1) is 91.1. The molecule has 0 aliphatic rings. The van der Waals surface area contributed by atoms with Crippen molar-refractivity contribution in [1.82, 2.24) is 0 Å². The number of phosphoric ester groups is 2. The Hall–Kier alpha value is -1.94. The van der Waals surface area contributed by atoms with Gasteiger partial charge in [0.25, 0.3) is 0 Å². The fourth-order valence-corrected chi connectivity index (χ4v) is 12.7. The molecule has 0 rings (SSSR count). The first-order valence-electron chi connectivity index (χ1n) is 38.2. The van der Waals surface area contributed by atoms with Gasteiger partial charge >= 0.3 is 39.5 Å². The standard InChI is InChI=1S/C74H144O17P2/c1-9-67(8)53-45-37-32-33-39-47-55-72(77)85-61-70(91-73(78)56-48-40-30-24-16-12-10-11-14-20-26-34-42-50-64(2)3)63-89-93(82,83)87-59-68(75)58-86-92(80,81)88-62-69(90-74(79)57-49-41-31-25-19-18-22-28-36-44-52-66(6)7)60-84-71(76)54-46-38-29-23-17-13-15-21-27-35-43-51-65(4)5/h64-70,75H,9-63H2,1-8H3,(H,80,81)(H,82,83)/t67?,68-,69-,70-/m1/s1. The van der Waals surface area contributed by atoms with Gasteiger partial charge < -0.3 is 33.8 Å². The van der Waals surface area contributed by atoms with Crippen LogP contribution in [0.5, 0.6) is 0 Å². The molecule has 0 spiro atoms. The maximum Gasteiger partial charge on any atom is 0.472 e. The van der Waals surface area contributed by atoms with Crippen molar-refractivity contribution in [2.24, 2.45) is 23.7 Å². The lowest BCUT2D eigenvalue weighted by Gasteiger charge is -2.21. The summed E-state index contributed by atoms with van der Waals surface area (Å²) in [4.78, 5) is 72.7. The Kier molecular flexibility index (Phi) is 62.2. The van der Waals surface area contributed by atoms with Crippen LogP contribution in [0.25, 0.3) is 0 Å². The minimum absolute atomic E-state index is 0.105. The molecule has 0 aliphatic heterocycles. The van der Waals surface area contributed by atoms with Crippen molar-refractivity contribution < 1.29 is 80.2 Å². The maximum absolute atomic E-state index is 13.1. The van der Waals surface area contributed by atoms with Crippen LogP contribution in [0, 0.1) is 23.7 Å². The summed E-state index contributed by atoms with van der Waals surface area (Å²) >= 11 is 0. The maximum atomic E-state index is 13.1. The summed E-state index contributed by atoms with van der Waals surface area (Å²) in [7, 11) is -9.91. The first-order chi connectivity index (χ1) is 44.6. The number of hydrogen-bond donors (Lipinski definition) is 3. The Bertz CT molecular complexity index is 1840. The largest absolute Gasteiger partial charge is 0.472 e. The molecule has 3 N–H and O–H groups in total. The number of carbonyl (C=O) groups excluding carboxylic acids is 4. The predicted octanol–water partition coefficient (Wildman–Crippen LogP) is 21.3. The Labute approximate surface area is 568 Å². The number of aliphatic hydroxyl groups is 1. The van der Waals surface area contributed by atoms with Gasteiger partial charge in [0.2, 0.25) is 0 Å². The molecule has 93 heavy (non-hydrogen) atoms. The monoisotopic (exact) mass is 1370 g/mol. The number of rotatable bonds is 71. The zero-order valence-corrected chi connectivity index (χ0v) is 62.7. The van der Waals surface area contributed by atoms with Crippen LogP contribution in [-0.2, 0) is 65.4 Å². The SMILES string of the molecule is CCC(C)CCCCCCCCC(=O)OC[C@H](COP(=O)(O)OC[C@H](O)COP(=O)(O)OC[C@@H](COC(=O)CCCCCCCCCCCCCC(C)C)OC(=O)CCCCCCCCCCCCC(C)C)OC(=O)CCCCCCCCCCCCCCCC(C)C. The van der Waals surface area contributed by atoms with Crippen molar-refractivity contribution in [2.75, 3.05) is 39.6 Å². The number of aliphatic hydroxyl groups excluding tert-OH is 1. The van der Waals surface area contributed by atoms with Crippen LogP contribution < -0.4 is 0 Å². The molecule has 0 heterocycles. The quantitative estimate of drug-likeness (QED) is 0.0222. The summed E-state index contributed by atoms with van der Waals surface area (Å²) < 4.78 is 68.5. The van der Waals surface area contributed by atoms with E-state index in [9.17, 15) is 43.2 Å². The second kappa shape index (κ2) is 63.5. The Balaban J connectivity index is 5.26. The summed E-state index contributed by atoms with van der Waals surface area (Å²) in [5.41, 5.74) is 0. The summed E-state index contributed by atoms with van der Waals surface area (Å²) in [5, 5.41) is 10.6. The Morgan fingerprint density at radius 1 is 0.301 bits per heavy atom. The average Bonchev–Trinajstić information content (AvgIpc) is 1.57. The highest BCUT2D eigenvalue weighted by atomic mass is 31.2. The molecule has 6 atom stereocenters. The zero-order chi connectivity index (χ0) is 68.9. The van der Waals surface area contributed by atoms with Crippen LogP contribution in [0.15, 0.2) is 0 Å². The van der Waals surface area contributed by atoms with Gasteiger partial charge in [-0.15, -0.1) is 0 Å². The molecule has 0 saturated carbocycles. The molecule has 19 heteroatoms. The molecular formula is C74H144O17P2. The van der Waals surface area contributed by atoms with Crippen molar-refractivity contribution >= 4 is 39.5 Å². The summed E-state index contributed by atoms with van der Waals surface area (Å²) in [6.45, 7) is 14.2. The van der Waals surface area contributed by atoms with Crippen LogP contribution in [0.3, 0.4) is 0 Å². The van der Waals surface area contributed by atoms with Crippen molar-refractivity contribution in [2.45, 2.75) is 388 Å². The van der Waals surface area contributed by atoms with Gasteiger partial charge in [-0.2, -0.15) is 0 Å². The fourth-order valence-electron chi connectivity index (χ4n) is 11.2. The number of esters is 4. The Morgan fingerprint density at radius 2 is 0.516 bits per heavy atom. The van der Waals surface area contributed by atoms with E-state index in [-0.39, 0.29) is 25.7 Å². The fraction of sp³-hybridized carbons (Fsp3) is 0.946. The number of carbonyl (C=O) groups is 4. The lowest BCUT2D eigenvalue weighted by molar-refractivity contribution is -0.161. The number of unbranched alkanes of at least 4 members (excludes halogenated alkanes) is 36. The third-order valence-electron chi connectivity index (χ3n) is 17.4. The molecule has 0 amide bonds. The van der Waals surface area contributed by atoms with E-state index in [1.165, 1.54) is 167 Å². The van der Waals surface area contributed by atoms with Crippen LogP contribution >= 0.6 is 15.6 Å².